The molecule has 0 aromatic heterocycles. The van der Waals surface area contributed by atoms with Crippen LogP contribution in [-0.4, -0.2) is 39.7 Å². The Bertz CT molecular complexity index is 533. The van der Waals surface area contributed by atoms with Crippen molar-refractivity contribution in [1.29, 1.82) is 0 Å². The normalized spacial score (nSPS) is 11.7. The third kappa shape index (κ3) is 4.30. The number of hydrogen-bond acceptors (Lipinski definition) is 5. The first-order chi connectivity index (χ1) is 8.81. The van der Waals surface area contributed by atoms with Crippen molar-refractivity contribution in [2.75, 3.05) is 6.54 Å². The molecule has 0 saturated carbocycles. The van der Waals surface area contributed by atoms with Gasteiger partial charge in [0.25, 0.3) is 11.6 Å². The first-order valence-corrected chi connectivity index (χ1v) is 5.74. The van der Waals surface area contributed by atoms with E-state index in [1.54, 1.807) is 0 Å². The number of carboxylic acids is 1. The number of carbonyl (C=O) groups is 2. The Balaban J connectivity index is 2.82. The molecule has 1 atom stereocenters. The number of non-ortho nitro benzene ring substituents is 1. The number of nitro benzene ring substituents is 1. The minimum absolute atomic E-state index is 0.0151. The smallest absolute Gasteiger partial charge is 0.334 e. The number of nitrogens with zero attached hydrogens (tertiary/aromatic N) is 1. The maximum atomic E-state index is 11.6. The fourth-order valence-corrected chi connectivity index (χ4v) is 1.67. The molecule has 102 valence electrons. The van der Waals surface area contributed by atoms with Crippen molar-refractivity contribution in [3.05, 3.63) is 38.3 Å². The number of hydrogen-bond donors (Lipinski definition) is 3. The number of aliphatic carboxylic acids is 1. The summed E-state index contributed by atoms with van der Waals surface area (Å²) < 4.78 is 0.339. The number of benzene rings is 1. The van der Waals surface area contributed by atoms with Crippen molar-refractivity contribution in [3.8, 4) is 0 Å². The van der Waals surface area contributed by atoms with E-state index in [4.69, 9.17) is 10.2 Å². The van der Waals surface area contributed by atoms with Crippen molar-refractivity contribution in [2.24, 2.45) is 0 Å². The van der Waals surface area contributed by atoms with E-state index >= 15 is 0 Å². The number of halogens is 1. The van der Waals surface area contributed by atoms with Crippen molar-refractivity contribution in [1.82, 2.24) is 5.32 Å². The average molecular weight is 333 g/mol. The Hall–Kier alpha value is -2.00. The lowest BCUT2D eigenvalue weighted by Crippen LogP contribution is -2.36. The van der Waals surface area contributed by atoms with Gasteiger partial charge in [0.1, 0.15) is 0 Å². The number of carbonyl (C=O) groups excluding carboxylic acids is 1. The number of aliphatic hydroxyl groups is 1. The second kappa shape index (κ2) is 6.25. The molecule has 0 aliphatic carbocycles. The molecule has 0 bridgehead atoms. The molecule has 1 aromatic carbocycles. The lowest BCUT2D eigenvalue weighted by molar-refractivity contribution is -0.385. The van der Waals surface area contributed by atoms with Gasteiger partial charge in [-0.15, -0.1) is 0 Å². The maximum absolute atomic E-state index is 11.6. The van der Waals surface area contributed by atoms with Gasteiger partial charge in [-0.3, -0.25) is 14.9 Å². The summed E-state index contributed by atoms with van der Waals surface area (Å²) in [5.41, 5.74) is -0.294. The molecule has 3 N–H and O–H groups in total. The molecule has 1 amide bonds. The predicted octanol–water partition coefficient (Wildman–Crippen LogP) is 0.533. The van der Waals surface area contributed by atoms with Gasteiger partial charge >= 0.3 is 5.97 Å². The van der Waals surface area contributed by atoms with Crippen LogP contribution in [0.25, 0.3) is 0 Å². The van der Waals surface area contributed by atoms with E-state index in [1.165, 1.54) is 12.1 Å². The van der Waals surface area contributed by atoms with Gasteiger partial charge in [0.05, 0.1) is 11.5 Å². The molecule has 1 unspecified atom stereocenters. The van der Waals surface area contributed by atoms with Crippen LogP contribution in [0.3, 0.4) is 0 Å². The van der Waals surface area contributed by atoms with Crippen molar-refractivity contribution in [2.45, 2.75) is 6.10 Å². The highest BCUT2D eigenvalue weighted by Crippen LogP contribution is 2.21. The first kappa shape index (κ1) is 15.1. The second-order valence-corrected chi connectivity index (χ2v) is 4.43. The molecular weight excluding hydrogens is 324 g/mol. The number of rotatable bonds is 5. The van der Waals surface area contributed by atoms with Crippen LogP contribution in [0.15, 0.2) is 22.7 Å². The van der Waals surface area contributed by atoms with E-state index < -0.39 is 29.4 Å². The van der Waals surface area contributed by atoms with Gasteiger partial charge in [-0.2, -0.15) is 0 Å². The topological polar surface area (TPSA) is 130 Å². The van der Waals surface area contributed by atoms with Crippen molar-refractivity contribution >= 4 is 33.5 Å². The molecule has 0 aliphatic rings. The highest BCUT2D eigenvalue weighted by atomic mass is 79.9. The van der Waals surface area contributed by atoms with Gasteiger partial charge in [0, 0.05) is 22.2 Å². The van der Waals surface area contributed by atoms with E-state index in [0.717, 1.165) is 6.07 Å². The van der Waals surface area contributed by atoms with E-state index in [-0.39, 0.29) is 11.3 Å². The molecular formula is C10H9BrN2O6. The fraction of sp³-hybridized carbons (Fsp3) is 0.200. The molecule has 0 spiro atoms. The fourth-order valence-electron chi connectivity index (χ4n) is 1.19. The minimum atomic E-state index is -1.73. The second-order valence-electron chi connectivity index (χ2n) is 3.52. The minimum Gasteiger partial charge on any atom is -0.479 e. The van der Waals surface area contributed by atoms with Crippen LogP contribution < -0.4 is 5.32 Å². The monoisotopic (exact) mass is 332 g/mol. The molecule has 1 aromatic rings. The first-order valence-electron chi connectivity index (χ1n) is 4.95. The third-order valence-corrected chi connectivity index (χ3v) is 2.55. The van der Waals surface area contributed by atoms with Crippen LogP contribution in [0.4, 0.5) is 5.69 Å². The van der Waals surface area contributed by atoms with Crippen LogP contribution in [0, 0.1) is 10.1 Å². The largest absolute Gasteiger partial charge is 0.479 e. The van der Waals surface area contributed by atoms with Crippen LogP contribution >= 0.6 is 15.9 Å². The van der Waals surface area contributed by atoms with E-state index in [9.17, 15) is 19.7 Å². The predicted molar refractivity (Wildman–Crippen MR) is 66.8 cm³/mol. The number of nitrogens with one attached hydrogen (secondary N) is 1. The summed E-state index contributed by atoms with van der Waals surface area (Å²) in [7, 11) is 0. The maximum Gasteiger partial charge on any atom is 0.334 e. The molecule has 0 radical (unpaired) electrons. The van der Waals surface area contributed by atoms with Crippen molar-refractivity contribution in [3.63, 3.8) is 0 Å². The molecule has 0 fully saturated rings. The summed E-state index contributed by atoms with van der Waals surface area (Å²) in [5, 5.41) is 30.2. The molecule has 8 nitrogen and oxygen atoms in total. The Morgan fingerprint density at radius 3 is 2.58 bits per heavy atom. The van der Waals surface area contributed by atoms with Gasteiger partial charge in [0.2, 0.25) is 0 Å². The highest BCUT2D eigenvalue weighted by Gasteiger charge is 2.17. The Morgan fingerprint density at radius 1 is 1.42 bits per heavy atom. The highest BCUT2D eigenvalue weighted by molar-refractivity contribution is 9.10. The van der Waals surface area contributed by atoms with Crippen molar-refractivity contribution < 1.29 is 24.7 Å². The van der Waals surface area contributed by atoms with E-state index in [1.807, 2.05) is 0 Å². The summed E-state index contributed by atoms with van der Waals surface area (Å²) >= 11 is 3.02. The van der Waals surface area contributed by atoms with Crippen LogP contribution in [0.5, 0.6) is 0 Å². The summed E-state index contributed by atoms with van der Waals surface area (Å²) in [6.45, 7) is -0.492. The summed E-state index contributed by atoms with van der Waals surface area (Å²) in [5.74, 6) is -2.19. The summed E-state index contributed by atoms with van der Waals surface area (Å²) in [6.07, 6.45) is -1.73. The summed E-state index contributed by atoms with van der Waals surface area (Å²) in [6, 6.07) is 3.62. The quantitative estimate of drug-likeness (QED) is 0.532. The Labute approximate surface area is 115 Å². The van der Waals surface area contributed by atoms with Gasteiger partial charge in [-0.1, -0.05) is 15.9 Å². The number of amides is 1. The lowest BCUT2D eigenvalue weighted by Gasteiger charge is -2.08. The molecule has 19 heavy (non-hydrogen) atoms. The van der Waals surface area contributed by atoms with Gasteiger partial charge in [-0.05, 0) is 6.07 Å². The molecule has 0 aliphatic heterocycles. The average Bonchev–Trinajstić information content (AvgIpc) is 2.34. The van der Waals surface area contributed by atoms with E-state index in [0.29, 0.717) is 4.47 Å². The van der Waals surface area contributed by atoms with E-state index in [2.05, 4.69) is 21.2 Å². The standard InChI is InChI=1S/C10H9BrN2O6/c11-6-1-5(2-7(3-6)13(18)19)9(15)12-4-8(14)10(16)17/h1-3,8,14H,4H2,(H,12,15)(H,16,17). The van der Waals surface area contributed by atoms with Gasteiger partial charge in [0.15, 0.2) is 6.10 Å². The zero-order valence-corrected chi connectivity index (χ0v) is 11.0. The molecule has 9 heteroatoms. The summed E-state index contributed by atoms with van der Waals surface area (Å²) in [4.78, 5) is 31.9. The van der Waals surface area contributed by atoms with Crippen LogP contribution in [-0.2, 0) is 4.79 Å². The third-order valence-electron chi connectivity index (χ3n) is 2.10. The van der Waals surface area contributed by atoms with Gasteiger partial charge in [-0.25, -0.2) is 4.79 Å². The molecule has 0 heterocycles. The number of carboxylic acid groups (broad SMARTS) is 1. The molecule has 1 rings (SSSR count). The zero-order chi connectivity index (χ0) is 14.6. The zero-order valence-electron chi connectivity index (χ0n) is 9.37. The lowest BCUT2D eigenvalue weighted by atomic mass is 10.2. The number of aliphatic hydroxyl groups excluding tert-OH is 1. The van der Waals surface area contributed by atoms with Crippen LogP contribution in [0.2, 0.25) is 0 Å². The Kier molecular flexibility index (Phi) is 4.95. The SMILES string of the molecule is O=C(NCC(O)C(=O)O)c1cc(Br)cc([N+](=O)[O-])c1. The number of nitro groups is 1. The molecule has 0 saturated heterocycles. The van der Waals surface area contributed by atoms with Gasteiger partial charge < -0.3 is 15.5 Å². The Morgan fingerprint density at radius 2 is 2.05 bits per heavy atom. The van der Waals surface area contributed by atoms with Crippen LogP contribution in [0.1, 0.15) is 10.4 Å².